The van der Waals surface area contributed by atoms with Gasteiger partial charge in [-0.05, 0) is 40.2 Å². The third-order valence-corrected chi connectivity index (χ3v) is 4.39. The number of carbonyl (C=O) groups excluding carboxylic acids is 1. The van der Waals surface area contributed by atoms with E-state index in [-0.39, 0.29) is 17.2 Å². The molecule has 108 valence electrons. The molecule has 2 aromatic carbocycles. The predicted octanol–water partition coefficient (Wildman–Crippen LogP) is 3.88. The van der Waals surface area contributed by atoms with Crippen LogP contribution in [0.25, 0.3) is 0 Å². The number of amides is 1. The largest absolute Gasteiger partial charge is 0.478 e. The highest BCUT2D eigenvalue weighted by molar-refractivity contribution is 9.10. The molecule has 2 rings (SSSR count). The number of carboxylic acids is 1. The van der Waals surface area contributed by atoms with Gasteiger partial charge in [0.2, 0.25) is 5.91 Å². The second-order valence-electron chi connectivity index (χ2n) is 4.12. The summed E-state index contributed by atoms with van der Waals surface area (Å²) in [6.07, 6.45) is 0. The molecule has 0 bridgehead atoms. The Balaban J connectivity index is 1.99. The van der Waals surface area contributed by atoms with Crippen molar-refractivity contribution < 1.29 is 14.7 Å². The van der Waals surface area contributed by atoms with Gasteiger partial charge in [-0.2, -0.15) is 0 Å². The molecular weight excluding hydrogens is 354 g/mol. The molecule has 1 amide bonds. The predicted molar refractivity (Wildman–Crippen MR) is 86.9 cm³/mol. The van der Waals surface area contributed by atoms with Crippen molar-refractivity contribution in [3.63, 3.8) is 0 Å². The van der Waals surface area contributed by atoms with Crippen LogP contribution in [0.3, 0.4) is 0 Å². The third-order valence-electron chi connectivity index (χ3n) is 2.62. The van der Waals surface area contributed by atoms with E-state index in [1.165, 1.54) is 17.8 Å². The molecule has 6 heteroatoms. The van der Waals surface area contributed by atoms with Crippen molar-refractivity contribution in [1.29, 1.82) is 0 Å². The van der Waals surface area contributed by atoms with E-state index in [0.29, 0.717) is 10.6 Å². The summed E-state index contributed by atoms with van der Waals surface area (Å²) in [5.74, 6) is -1.04. The Morgan fingerprint density at radius 2 is 1.76 bits per heavy atom. The Morgan fingerprint density at radius 1 is 1.10 bits per heavy atom. The Kier molecular flexibility index (Phi) is 5.41. The number of anilines is 1. The lowest BCUT2D eigenvalue weighted by atomic mass is 10.2. The molecule has 0 heterocycles. The molecule has 21 heavy (non-hydrogen) atoms. The van der Waals surface area contributed by atoms with E-state index >= 15 is 0 Å². The number of hydrogen-bond donors (Lipinski definition) is 2. The quantitative estimate of drug-likeness (QED) is 0.789. The van der Waals surface area contributed by atoms with E-state index in [2.05, 4.69) is 21.2 Å². The normalized spacial score (nSPS) is 10.1. The van der Waals surface area contributed by atoms with Gasteiger partial charge in [-0.15, -0.1) is 11.8 Å². The van der Waals surface area contributed by atoms with Gasteiger partial charge in [-0.25, -0.2) is 4.79 Å². The number of carboxylic acid groups (broad SMARTS) is 1. The fraction of sp³-hybridized carbons (Fsp3) is 0.0667. The van der Waals surface area contributed by atoms with Gasteiger partial charge in [0, 0.05) is 9.37 Å². The first-order valence-electron chi connectivity index (χ1n) is 6.07. The van der Waals surface area contributed by atoms with Crippen molar-refractivity contribution in [1.82, 2.24) is 0 Å². The molecule has 0 spiro atoms. The zero-order valence-electron chi connectivity index (χ0n) is 10.9. The molecule has 0 saturated carbocycles. The minimum absolute atomic E-state index is 0.144. The molecule has 0 aliphatic rings. The van der Waals surface area contributed by atoms with Crippen LogP contribution in [0, 0.1) is 0 Å². The summed E-state index contributed by atoms with van der Waals surface area (Å²) in [7, 11) is 0. The van der Waals surface area contributed by atoms with Gasteiger partial charge in [0.25, 0.3) is 0 Å². The Morgan fingerprint density at radius 3 is 2.48 bits per heavy atom. The van der Waals surface area contributed by atoms with Crippen LogP contribution >= 0.6 is 27.7 Å². The lowest BCUT2D eigenvalue weighted by Crippen LogP contribution is -2.14. The number of hydrogen-bond acceptors (Lipinski definition) is 3. The lowest BCUT2D eigenvalue weighted by Gasteiger charge is -2.08. The number of thioether (sulfide) groups is 1. The van der Waals surface area contributed by atoms with Gasteiger partial charge in [0.05, 0.1) is 17.0 Å². The molecule has 2 N–H and O–H groups in total. The van der Waals surface area contributed by atoms with E-state index in [1.807, 2.05) is 18.2 Å². The maximum atomic E-state index is 11.9. The molecule has 0 atom stereocenters. The Labute approximate surface area is 134 Å². The SMILES string of the molecule is O=C(CSc1ccccc1C(=O)O)Nc1ccccc1Br. The average molecular weight is 366 g/mol. The Bertz CT molecular complexity index is 675. The van der Waals surface area contributed by atoms with E-state index in [1.54, 1.807) is 24.3 Å². The van der Waals surface area contributed by atoms with Gasteiger partial charge in [-0.1, -0.05) is 24.3 Å². The minimum Gasteiger partial charge on any atom is -0.478 e. The van der Waals surface area contributed by atoms with Crippen molar-refractivity contribution in [3.05, 3.63) is 58.6 Å². The zero-order chi connectivity index (χ0) is 15.2. The smallest absolute Gasteiger partial charge is 0.336 e. The van der Waals surface area contributed by atoms with Crippen LogP contribution in [0.15, 0.2) is 57.9 Å². The topological polar surface area (TPSA) is 66.4 Å². The Hall–Kier alpha value is -1.79. The molecule has 0 radical (unpaired) electrons. The van der Waals surface area contributed by atoms with Crippen molar-refractivity contribution in [2.45, 2.75) is 4.90 Å². The highest BCUT2D eigenvalue weighted by Gasteiger charge is 2.11. The molecule has 0 unspecified atom stereocenters. The van der Waals surface area contributed by atoms with Crippen LogP contribution in [0.5, 0.6) is 0 Å². The van der Waals surface area contributed by atoms with Crippen LogP contribution < -0.4 is 5.32 Å². The molecule has 0 saturated heterocycles. The first kappa shape index (κ1) is 15.6. The summed E-state index contributed by atoms with van der Waals surface area (Å²) < 4.78 is 0.800. The van der Waals surface area contributed by atoms with Crippen LogP contribution in [-0.2, 0) is 4.79 Å². The van der Waals surface area contributed by atoms with Crippen molar-refractivity contribution in [2.24, 2.45) is 0 Å². The number of para-hydroxylation sites is 1. The summed E-state index contributed by atoms with van der Waals surface area (Å²) >= 11 is 4.55. The lowest BCUT2D eigenvalue weighted by molar-refractivity contribution is -0.113. The molecule has 4 nitrogen and oxygen atoms in total. The fourth-order valence-electron chi connectivity index (χ4n) is 1.66. The van der Waals surface area contributed by atoms with Gasteiger partial charge in [0.15, 0.2) is 0 Å². The molecular formula is C15H12BrNO3S. The van der Waals surface area contributed by atoms with Crippen LogP contribution in [-0.4, -0.2) is 22.7 Å². The highest BCUT2D eigenvalue weighted by Crippen LogP contribution is 2.24. The maximum absolute atomic E-state index is 11.9. The van der Waals surface area contributed by atoms with E-state index in [9.17, 15) is 9.59 Å². The number of halogens is 1. The standard InChI is InChI=1S/C15H12BrNO3S/c16-11-6-2-3-7-12(11)17-14(18)9-21-13-8-4-1-5-10(13)15(19)20/h1-8H,9H2,(H,17,18)(H,19,20). The fourth-order valence-corrected chi connectivity index (χ4v) is 2.89. The van der Waals surface area contributed by atoms with Gasteiger partial charge in [-0.3, -0.25) is 4.79 Å². The summed E-state index contributed by atoms with van der Waals surface area (Å²) in [6, 6.07) is 13.9. The van der Waals surface area contributed by atoms with Crippen molar-refractivity contribution in [2.75, 3.05) is 11.1 Å². The number of carbonyl (C=O) groups is 2. The second-order valence-corrected chi connectivity index (χ2v) is 5.99. The van der Waals surface area contributed by atoms with Crippen molar-refractivity contribution in [3.8, 4) is 0 Å². The monoisotopic (exact) mass is 365 g/mol. The molecule has 0 aliphatic heterocycles. The van der Waals surface area contributed by atoms with E-state index in [4.69, 9.17) is 5.11 Å². The minimum atomic E-state index is -0.996. The van der Waals surface area contributed by atoms with Crippen LogP contribution in [0.2, 0.25) is 0 Å². The second kappa shape index (κ2) is 7.28. The molecule has 0 aliphatic carbocycles. The third kappa shape index (κ3) is 4.34. The number of aromatic carboxylic acids is 1. The maximum Gasteiger partial charge on any atom is 0.336 e. The summed E-state index contributed by atoms with van der Waals surface area (Å²) in [6.45, 7) is 0. The van der Waals surface area contributed by atoms with Gasteiger partial charge >= 0.3 is 5.97 Å². The zero-order valence-corrected chi connectivity index (χ0v) is 13.3. The molecule has 0 fully saturated rings. The summed E-state index contributed by atoms with van der Waals surface area (Å²) in [5.41, 5.74) is 0.894. The molecule has 2 aromatic rings. The average Bonchev–Trinajstić information content (AvgIpc) is 2.48. The number of rotatable bonds is 5. The van der Waals surface area contributed by atoms with Gasteiger partial charge < -0.3 is 10.4 Å². The number of benzene rings is 2. The first-order valence-corrected chi connectivity index (χ1v) is 7.85. The number of nitrogens with one attached hydrogen (secondary N) is 1. The van der Waals surface area contributed by atoms with Crippen molar-refractivity contribution >= 4 is 45.3 Å². The summed E-state index contributed by atoms with van der Waals surface area (Å²) in [4.78, 5) is 23.6. The van der Waals surface area contributed by atoms with Crippen LogP contribution in [0.1, 0.15) is 10.4 Å². The van der Waals surface area contributed by atoms with Gasteiger partial charge in [0.1, 0.15) is 0 Å². The highest BCUT2D eigenvalue weighted by atomic mass is 79.9. The van der Waals surface area contributed by atoms with E-state index in [0.717, 1.165) is 4.47 Å². The molecule has 0 aromatic heterocycles. The van der Waals surface area contributed by atoms with Crippen LogP contribution in [0.4, 0.5) is 5.69 Å². The van der Waals surface area contributed by atoms with E-state index < -0.39 is 5.97 Å². The summed E-state index contributed by atoms with van der Waals surface area (Å²) in [5, 5.41) is 11.9. The first-order chi connectivity index (χ1) is 10.1.